The number of aromatic nitrogens is 6. The highest BCUT2D eigenvalue weighted by molar-refractivity contribution is 7.09. The largest absolute Gasteiger partial charge is 0.497 e. The Morgan fingerprint density at radius 1 is 1.22 bits per heavy atom. The molecule has 1 aromatic carbocycles. The minimum Gasteiger partial charge on any atom is -0.497 e. The van der Waals surface area contributed by atoms with Gasteiger partial charge in [0.15, 0.2) is 5.65 Å². The Morgan fingerprint density at radius 2 is 2.15 bits per heavy atom. The molecule has 0 amide bonds. The average molecular weight is 397 g/mol. The molecule has 0 fully saturated rings. The summed E-state index contributed by atoms with van der Waals surface area (Å²) in [6.45, 7) is 0. The van der Waals surface area contributed by atoms with E-state index in [1.165, 1.54) is 4.88 Å². The molecule has 7 nitrogen and oxygen atoms in total. The summed E-state index contributed by atoms with van der Waals surface area (Å²) in [4.78, 5) is 5.98. The van der Waals surface area contributed by atoms with Crippen LogP contribution in [0.3, 0.4) is 0 Å². The predicted octanol–water partition coefficient (Wildman–Crippen LogP) is 3.98. The molecule has 134 valence electrons. The third-order valence-corrected chi connectivity index (χ3v) is 5.37. The number of methoxy groups -OCH3 is 1. The van der Waals surface area contributed by atoms with Gasteiger partial charge in [-0.3, -0.25) is 9.50 Å². The summed E-state index contributed by atoms with van der Waals surface area (Å²) in [5.74, 6) is 1.57. The molecule has 0 atom stereocenters. The van der Waals surface area contributed by atoms with E-state index in [0.717, 1.165) is 22.6 Å². The van der Waals surface area contributed by atoms with Crippen LogP contribution >= 0.6 is 22.9 Å². The zero-order valence-electron chi connectivity index (χ0n) is 14.2. The van der Waals surface area contributed by atoms with Crippen LogP contribution in [0.15, 0.2) is 41.8 Å². The van der Waals surface area contributed by atoms with Crippen LogP contribution in [-0.2, 0) is 6.42 Å². The van der Waals surface area contributed by atoms with Gasteiger partial charge in [-0.2, -0.15) is 5.10 Å². The van der Waals surface area contributed by atoms with Crippen molar-refractivity contribution >= 4 is 39.6 Å². The number of hydrogen-bond acceptors (Lipinski definition) is 6. The van der Waals surface area contributed by atoms with Crippen LogP contribution in [0, 0.1) is 0 Å². The molecule has 0 aliphatic rings. The summed E-state index contributed by atoms with van der Waals surface area (Å²) < 4.78 is 7.39. The van der Waals surface area contributed by atoms with Crippen molar-refractivity contribution in [1.82, 2.24) is 29.8 Å². The Bertz CT molecular complexity index is 1260. The normalized spacial score (nSPS) is 11.5. The minimum atomic E-state index is 0.439. The van der Waals surface area contributed by atoms with E-state index in [-0.39, 0.29) is 0 Å². The van der Waals surface area contributed by atoms with Crippen LogP contribution in [0.1, 0.15) is 10.7 Å². The maximum absolute atomic E-state index is 6.02. The first-order valence-corrected chi connectivity index (χ1v) is 9.44. The quantitative estimate of drug-likeness (QED) is 0.497. The summed E-state index contributed by atoms with van der Waals surface area (Å²) in [6.07, 6.45) is 0.685. The lowest BCUT2D eigenvalue weighted by Crippen LogP contribution is -2.01. The summed E-state index contributed by atoms with van der Waals surface area (Å²) in [5.41, 5.74) is 3.55. The molecule has 5 rings (SSSR count). The Balaban J connectivity index is 1.82. The fourth-order valence-electron chi connectivity index (χ4n) is 3.08. The highest BCUT2D eigenvalue weighted by atomic mass is 35.5. The van der Waals surface area contributed by atoms with Gasteiger partial charge < -0.3 is 4.74 Å². The maximum Gasteiger partial charge on any atom is 0.189 e. The molecule has 0 unspecified atom stereocenters. The first kappa shape index (κ1) is 16.2. The number of hydrogen-bond donors (Lipinski definition) is 1. The smallest absolute Gasteiger partial charge is 0.189 e. The molecule has 1 N–H and O–H groups in total. The number of H-pyrrole nitrogens is 1. The van der Waals surface area contributed by atoms with Crippen LogP contribution in [0.5, 0.6) is 5.75 Å². The standard InChI is InChI=1S/C18H13ClN6OS/c1-26-10-4-5-14-12(7-10)20-17(13-9-15(19)22-21-13)18-24-23-16(25(14)18)8-11-3-2-6-27-11/h2-7,9H,8H2,1H3,(H,21,22). The van der Waals surface area contributed by atoms with Crippen molar-refractivity contribution in [3.63, 3.8) is 0 Å². The second kappa shape index (κ2) is 6.33. The summed E-state index contributed by atoms with van der Waals surface area (Å²) in [6, 6.07) is 11.6. The molecule has 0 aliphatic heterocycles. The molecule has 5 aromatic rings. The van der Waals surface area contributed by atoms with Gasteiger partial charge in [0.05, 0.1) is 18.1 Å². The number of benzene rings is 1. The molecule has 4 heterocycles. The van der Waals surface area contributed by atoms with E-state index in [0.29, 0.717) is 28.6 Å². The maximum atomic E-state index is 6.02. The lowest BCUT2D eigenvalue weighted by molar-refractivity contribution is 0.415. The first-order chi connectivity index (χ1) is 13.2. The summed E-state index contributed by atoms with van der Waals surface area (Å²) in [5, 5.41) is 18.3. The van der Waals surface area contributed by atoms with Gasteiger partial charge >= 0.3 is 0 Å². The van der Waals surface area contributed by atoms with Gasteiger partial charge in [0, 0.05) is 23.4 Å². The number of aromatic amines is 1. The third-order valence-electron chi connectivity index (χ3n) is 4.30. The number of nitrogens with zero attached hydrogens (tertiary/aromatic N) is 5. The molecule has 0 saturated carbocycles. The molecule has 0 aliphatic carbocycles. The molecule has 0 saturated heterocycles. The number of fused-ring (bicyclic) bond motifs is 3. The van der Waals surface area contributed by atoms with Crippen LogP contribution < -0.4 is 4.74 Å². The Kier molecular flexibility index (Phi) is 3.80. The van der Waals surface area contributed by atoms with Crippen molar-refractivity contribution in [3.05, 3.63) is 57.6 Å². The summed E-state index contributed by atoms with van der Waals surface area (Å²) in [7, 11) is 1.63. The summed E-state index contributed by atoms with van der Waals surface area (Å²) >= 11 is 7.71. The van der Waals surface area contributed by atoms with Crippen molar-refractivity contribution in [2.75, 3.05) is 7.11 Å². The van der Waals surface area contributed by atoms with Crippen LogP contribution in [0.4, 0.5) is 0 Å². The average Bonchev–Trinajstić information content (AvgIpc) is 3.43. The molecule has 0 bridgehead atoms. The zero-order chi connectivity index (χ0) is 18.4. The van der Waals surface area contributed by atoms with Crippen molar-refractivity contribution in [3.8, 4) is 17.1 Å². The highest BCUT2D eigenvalue weighted by Gasteiger charge is 2.19. The predicted molar refractivity (Wildman–Crippen MR) is 105 cm³/mol. The van der Waals surface area contributed by atoms with E-state index in [1.54, 1.807) is 24.5 Å². The fourth-order valence-corrected chi connectivity index (χ4v) is 3.92. The lowest BCUT2D eigenvalue weighted by atomic mass is 10.2. The number of rotatable bonds is 4. The van der Waals surface area contributed by atoms with Crippen LogP contribution in [0.2, 0.25) is 5.15 Å². The van der Waals surface area contributed by atoms with Gasteiger partial charge in [-0.05, 0) is 23.6 Å². The highest BCUT2D eigenvalue weighted by Crippen LogP contribution is 2.29. The molecule has 4 aromatic heterocycles. The topological polar surface area (TPSA) is 81.0 Å². The number of halogens is 1. The number of ether oxygens (including phenoxy) is 1. The van der Waals surface area contributed by atoms with E-state index in [2.05, 4.69) is 31.8 Å². The van der Waals surface area contributed by atoms with Gasteiger partial charge in [-0.25, -0.2) is 4.98 Å². The molecule has 9 heteroatoms. The van der Waals surface area contributed by atoms with Crippen molar-refractivity contribution < 1.29 is 4.74 Å². The number of nitrogens with one attached hydrogen (secondary N) is 1. The molecule has 27 heavy (non-hydrogen) atoms. The molecule has 0 spiro atoms. The Hall–Kier alpha value is -2.97. The number of thiophene rings is 1. The second-order valence-electron chi connectivity index (χ2n) is 5.95. The van der Waals surface area contributed by atoms with Crippen molar-refractivity contribution in [1.29, 1.82) is 0 Å². The van der Waals surface area contributed by atoms with Gasteiger partial charge in [-0.15, -0.1) is 21.5 Å². The molecular formula is C18H13ClN6OS. The lowest BCUT2D eigenvalue weighted by Gasteiger charge is -2.08. The van der Waals surface area contributed by atoms with Gasteiger partial charge in [0.2, 0.25) is 0 Å². The van der Waals surface area contributed by atoms with Gasteiger partial charge in [-0.1, -0.05) is 17.7 Å². The van der Waals surface area contributed by atoms with E-state index in [4.69, 9.17) is 21.3 Å². The Labute approximate surface area is 162 Å². The second-order valence-corrected chi connectivity index (χ2v) is 7.39. The fraction of sp³-hybridized carbons (Fsp3) is 0.111. The van der Waals surface area contributed by atoms with E-state index in [1.807, 2.05) is 28.7 Å². The van der Waals surface area contributed by atoms with Gasteiger partial charge in [0.1, 0.15) is 28.1 Å². The zero-order valence-corrected chi connectivity index (χ0v) is 15.8. The third kappa shape index (κ3) is 2.73. The molecular weight excluding hydrogens is 384 g/mol. The van der Waals surface area contributed by atoms with Crippen LogP contribution in [-0.4, -0.2) is 36.9 Å². The van der Waals surface area contributed by atoms with E-state index < -0.39 is 0 Å². The van der Waals surface area contributed by atoms with Crippen LogP contribution in [0.25, 0.3) is 28.1 Å². The molecule has 0 radical (unpaired) electrons. The van der Waals surface area contributed by atoms with E-state index in [9.17, 15) is 0 Å². The van der Waals surface area contributed by atoms with Gasteiger partial charge in [0.25, 0.3) is 0 Å². The van der Waals surface area contributed by atoms with E-state index >= 15 is 0 Å². The SMILES string of the molecule is COc1ccc2c(c1)nc(-c1cc(Cl)[nH]n1)c1nnc(Cc3cccs3)n12. The van der Waals surface area contributed by atoms with Crippen molar-refractivity contribution in [2.45, 2.75) is 6.42 Å². The van der Waals surface area contributed by atoms with Crippen molar-refractivity contribution in [2.24, 2.45) is 0 Å². The Morgan fingerprint density at radius 3 is 2.89 bits per heavy atom. The first-order valence-electron chi connectivity index (χ1n) is 8.18. The minimum absolute atomic E-state index is 0.439. The monoisotopic (exact) mass is 396 g/mol.